The molecule has 23 heavy (non-hydrogen) atoms. The highest BCUT2D eigenvalue weighted by molar-refractivity contribution is 6.68. The molecule has 0 radical (unpaired) electrons. The predicted octanol–water partition coefficient (Wildman–Crippen LogP) is 6.66. The van der Waals surface area contributed by atoms with Crippen molar-refractivity contribution < 1.29 is 8.85 Å². The summed E-state index contributed by atoms with van der Waals surface area (Å²) in [5.74, 6) is 1.53. The van der Waals surface area contributed by atoms with Crippen LogP contribution in [-0.4, -0.2) is 15.2 Å². The second kappa shape index (κ2) is 10.9. The maximum absolute atomic E-state index is 6.38. The van der Waals surface area contributed by atoms with Crippen LogP contribution in [0.5, 0.6) is 5.75 Å². The molecule has 0 aliphatic rings. The van der Waals surface area contributed by atoms with Crippen molar-refractivity contribution in [2.24, 2.45) is 0 Å². The zero-order valence-electron chi connectivity index (χ0n) is 15.9. The maximum atomic E-state index is 6.38. The van der Waals surface area contributed by atoms with Crippen LogP contribution in [0.25, 0.3) is 0 Å². The highest BCUT2D eigenvalue weighted by atomic mass is 28.4. The van der Waals surface area contributed by atoms with E-state index in [1.807, 2.05) is 0 Å². The first kappa shape index (κ1) is 20.2. The summed E-state index contributed by atoms with van der Waals surface area (Å²) in [5.41, 5.74) is 1.36. The monoisotopic (exact) mass is 336 g/mol. The summed E-state index contributed by atoms with van der Waals surface area (Å²) >= 11 is 0. The van der Waals surface area contributed by atoms with Crippen LogP contribution in [0.1, 0.15) is 78.2 Å². The lowest BCUT2D eigenvalue weighted by Crippen LogP contribution is -2.44. The number of rotatable bonds is 12. The third-order valence-corrected chi connectivity index (χ3v) is 8.03. The summed E-state index contributed by atoms with van der Waals surface area (Å²) in [5, 5.41) is 0. The van der Waals surface area contributed by atoms with Gasteiger partial charge in [0.25, 0.3) is 0 Å². The summed E-state index contributed by atoms with van der Waals surface area (Å²) < 4.78 is 12.7. The lowest BCUT2D eigenvalue weighted by molar-refractivity contribution is 0.230. The van der Waals surface area contributed by atoms with Gasteiger partial charge in [0.15, 0.2) is 0 Å². The Labute approximate surface area is 144 Å². The van der Waals surface area contributed by atoms with Crippen LogP contribution in [0.4, 0.5) is 0 Å². The van der Waals surface area contributed by atoms with E-state index in [2.05, 4.69) is 58.9 Å². The molecular formula is C20H36O2Si. The largest absolute Gasteiger partial charge is 0.520 e. The summed E-state index contributed by atoms with van der Waals surface area (Å²) in [6.07, 6.45) is 6.38. The average Bonchev–Trinajstić information content (AvgIpc) is 2.57. The number of hydrogen-bond donors (Lipinski definition) is 0. The van der Waals surface area contributed by atoms with Crippen LogP contribution in [0.15, 0.2) is 24.3 Å². The van der Waals surface area contributed by atoms with Gasteiger partial charge in [-0.15, -0.1) is 0 Å². The molecule has 2 nitrogen and oxygen atoms in total. The van der Waals surface area contributed by atoms with Gasteiger partial charge in [-0.2, -0.15) is 0 Å². The molecule has 0 atom stereocenters. The van der Waals surface area contributed by atoms with Gasteiger partial charge in [-0.25, -0.2) is 0 Å². The lowest BCUT2D eigenvalue weighted by Gasteiger charge is -2.29. The van der Waals surface area contributed by atoms with Crippen molar-refractivity contribution in [3.8, 4) is 5.75 Å². The van der Waals surface area contributed by atoms with E-state index in [0.29, 0.717) is 5.92 Å². The van der Waals surface area contributed by atoms with E-state index in [-0.39, 0.29) is 0 Å². The molecule has 1 aromatic carbocycles. The summed E-state index contributed by atoms with van der Waals surface area (Å²) in [6, 6.07) is 10.6. The lowest BCUT2D eigenvalue weighted by atomic mass is 10.0. The number of hydrogen-bond acceptors (Lipinski definition) is 2. The molecule has 0 aliphatic carbocycles. The van der Waals surface area contributed by atoms with Crippen LogP contribution in [0, 0.1) is 0 Å². The van der Waals surface area contributed by atoms with E-state index >= 15 is 0 Å². The van der Waals surface area contributed by atoms with Crippen molar-refractivity contribution in [2.75, 3.05) is 6.61 Å². The van der Waals surface area contributed by atoms with E-state index in [9.17, 15) is 0 Å². The van der Waals surface area contributed by atoms with Gasteiger partial charge >= 0.3 is 8.56 Å². The fourth-order valence-electron chi connectivity index (χ4n) is 2.73. The molecule has 0 unspecified atom stereocenters. The topological polar surface area (TPSA) is 18.5 Å². The maximum Gasteiger partial charge on any atom is 0.398 e. The second-order valence-electron chi connectivity index (χ2n) is 6.71. The predicted molar refractivity (Wildman–Crippen MR) is 103 cm³/mol. The van der Waals surface area contributed by atoms with Gasteiger partial charge in [0.1, 0.15) is 5.75 Å². The van der Waals surface area contributed by atoms with E-state index in [0.717, 1.165) is 30.9 Å². The fraction of sp³-hybridized carbons (Fsp3) is 0.700. The molecule has 3 heteroatoms. The Kier molecular flexibility index (Phi) is 9.57. The standard InChI is InChI=1S/C20H36O2Si/c1-6-9-10-11-12-17-21-23(7-2,8-3)22-20-15-13-19(14-16-20)18(4)5/h13-16,18H,6-12,17H2,1-5H3. The first-order valence-electron chi connectivity index (χ1n) is 9.49. The molecule has 0 spiro atoms. The van der Waals surface area contributed by atoms with E-state index in [1.54, 1.807) is 0 Å². The van der Waals surface area contributed by atoms with Crippen LogP contribution >= 0.6 is 0 Å². The minimum Gasteiger partial charge on any atom is -0.520 e. The van der Waals surface area contributed by atoms with Gasteiger partial charge in [0.05, 0.1) is 0 Å². The third-order valence-electron chi connectivity index (χ3n) is 4.54. The molecule has 0 bridgehead atoms. The Morgan fingerprint density at radius 3 is 2.00 bits per heavy atom. The third kappa shape index (κ3) is 7.09. The molecule has 0 aromatic heterocycles. The van der Waals surface area contributed by atoms with Crippen LogP contribution < -0.4 is 4.43 Å². The minimum absolute atomic E-state index is 0.558. The summed E-state index contributed by atoms with van der Waals surface area (Å²) in [6.45, 7) is 11.9. The first-order chi connectivity index (χ1) is 11.1. The molecule has 0 fully saturated rings. The molecular weight excluding hydrogens is 300 g/mol. The zero-order chi connectivity index (χ0) is 17.1. The van der Waals surface area contributed by atoms with Gasteiger partial charge in [-0.05, 0) is 42.1 Å². The zero-order valence-corrected chi connectivity index (χ0v) is 16.9. The molecule has 0 heterocycles. The van der Waals surface area contributed by atoms with E-state index in [4.69, 9.17) is 8.85 Å². The van der Waals surface area contributed by atoms with Gasteiger partial charge in [0, 0.05) is 6.61 Å². The van der Waals surface area contributed by atoms with Crippen LogP contribution in [0.2, 0.25) is 12.1 Å². The van der Waals surface area contributed by atoms with Crippen LogP contribution in [0.3, 0.4) is 0 Å². The first-order valence-corrected chi connectivity index (χ1v) is 11.7. The SMILES string of the molecule is CCCCCCCO[Si](CC)(CC)Oc1ccc(C(C)C)cc1. The highest BCUT2D eigenvalue weighted by Gasteiger charge is 2.35. The van der Waals surface area contributed by atoms with Gasteiger partial charge < -0.3 is 8.85 Å². The van der Waals surface area contributed by atoms with Crippen molar-refractivity contribution in [3.05, 3.63) is 29.8 Å². The molecule has 0 saturated heterocycles. The Bertz CT molecular complexity index is 410. The summed E-state index contributed by atoms with van der Waals surface area (Å²) in [4.78, 5) is 0. The number of benzene rings is 1. The Hall–Kier alpha value is -0.803. The Morgan fingerprint density at radius 2 is 1.48 bits per heavy atom. The molecule has 1 aromatic rings. The quantitative estimate of drug-likeness (QED) is 0.314. The van der Waals surface area contributed by atoms with Gasteiger partial charge in [0.2, 0.25) is 0 Å². The van der Waals surface area contributed by atoms with Crippen molar-refractivity contribution in [3.63, 3.8) is 0 Å². The van der Waals surface area contributed by atoms with Gasteiger partial charge in [-0.3, -0.25) is 0 Å². The fourth-order valence-corrected chi connectivity index (χ4v) is 5.07. The van der Waals surface area contributed by atoms with E-state index < -0.39 is 8.56 Å². The van der Waals surface area contributed by atoms with E-state index in [1.165, 1.54) is 31.2 Å². The molecule has 0 amide bonds. The highest BCUT2D eigenvalue weighted by Crippen LogP contribution is 2.25. The normalized spacial score (nSPS) is 11.9. The molecule has 1 rings (SSSR count). The molecule has 0 saturated carbocycles. The van der Waals surface area contributed by atoms with Crippen LogP contribution in [-0.2, 0) is 4.43 Å². The number of unbranched alkanes of at least 4 members (excludes halogenated alkanes) is 4. The Balaban J connectivity index is 2.54. The van der Waals surface area contributed by atoms with Crippen molar-refractivity contribution in [1.29, 1.82) is 0 Å². The summed E-state index contributed by atoms with van der Waals surface area (Å²) in [7, 11) is -2.10. The molecule has 0 N–H and O–H groups in total. The average molecular weight is 337 g/mol. The van der Waals surface area contributed by atoms with Crippen molar-refractivity contribution >= 4 is 8.56 Å². The Morgan fingerprint density at radius 1 is 0.870 bits per heavy atom. The minimum atomic E-state index is -2.10. The smallest absolute Gasteiger partial charge is 0.398 e. The van der Waals surface area contributed by atoms with Crippen molar-refractivity contribution in [1.82, 2.24) is 0 Å². The molecule has 0 aliphatic heterocycles. The second-order valence-corrected chi connectivity index (χ2v) is 10.4. The molecule has 132 valence electrons. The van der Waals surface area contributed by atoms with Gasteiger partial charge in [-0.1, -0.05) is 72.4 Å². The van der Waals surface area contributed by atoms with Crippen molar-refractivity contribution in [2.45, 2.75) is 84.7 Å².